The lowest BCUT2D eigenvalue weighted by Gasteiger charge is -2.42. The van der Waals surface area contributed by atoms with Gasteiger partial charge in [-0.1, -0.05) is 13.8 Å². The Morgan fingerprint density at radius 3 is 2.72 bits per heavy atom. The van der Waals surface area contributed by atoms with Gasteiger partial charge in [-0.3, -0.25) is 9.69 Å². The van der Waals surface area contributed by atoms with E-state index in [1.54, 1.807) is 0 Å². The van der Waals surface area contributed by atoms with Crippen LogP contribution in [0.25, 0.3) is 0 Å². The van der Waals surface area contributed by atoms with Crippen LogP contribution in [0.5, 0.6) is 0 Å². The third-order valence-electron chi connectivity index (χ3n) is 4.79. The van der Waals surface area contributed by atoms with E-state index in [1.807, 2.05) is 0 Å². The van der Waals surface area contributed by atoms with Crippen molar-refractivity contribution in [3.63, 3.8) is 0 Å². The molecular weight excluding hydrogens is 226 g/mol. The summed E-state index contributed by atoms with van der Waals surface area (Å²) in [7, 11) is 2.17. The van der Waals surface area contributed by atoms with Crippen molar-refractivity contribution in [2.45, 2.75) is 51.1 Å². The second-order valence-corrected chi connectivity index (χ2v) is 5.76. The van der Waals surface area contributed by atoms with Gasteiger partial charge >= 0.3 is 0 Å². The first-order chi connectivity index (χ1) is 8.63. The molecule has 0 saturated carbocycles. The molecule has 2 unspecified atom stereocenters. The first-order valence-electron chi connectivity index (χ1n) is 7.37. The molecule has 1 amide bonds. The van der Waals surface area contributed by atoms with Gasteiger partial charge in [-0.05, 0) is 39.3 Å². The second-order valence-electron chi connectivity index (χ2n) is 5.76. The maximum Gasteiger partial charge on any atom is 0.242 e. The molecule has 2 aliphatic rings. The lowest BCUT2D eigenvalue weighted by atomic mass is 9.91. The van der Waals surface area contributed by atoms with Crippen LogP contribution in [0, 0.1) is 0 Å². The van der Waals surface area contributed by atoms with Crippen LogP contribution in [0.15, 0.2) is 0 Å². The van der Waals surface area contributed by atoms with Crippen LogP contribution >= 0.6 is 0 Å². The van der Waals surface area contributed by atoms with Crippen LogP contribution in [0.2, 0.25) is 0 Å². The third kappa shape index (κ3) is 2.41. The van der Waals surface area contributed by atoms with E-state index < -0.39 is 0 Å². The van der Waals surface area contributed by atoms with Crippen molar-refractivity contribution >= 4 is 5.91 Å². The van der Waals surface area contributed by atoms with Crippen LogP contribution in [0.4, 0.5) is 0 Å². The zero-order valence-electron chi connectivity index (χ0n) is 12.0. The molecule has 4 nitrogen and oxygen atoms in total. The molecule has 0 aromatic rings. The number of hydrogen-bond acceptors (Lipinski definition) is 3. The molecule has 2 atom stereocenters. The lowest BCUT2D eigenvalue weighted by molar-refractivity contribution is -0.140. The lowest BCUT2D eigenvalue weighted by Crippen LogP contribution is -2.60. The molecular formula is C14H27N3O. The number of piperazine rings is 1. The average Bonchev–Trinajstić information content (AvgIpc) is 2.88. The van der Waals surface area contributed by atoms with Crippen LogP contribution in [0.3, 0.4) is 0 Å². The van der Waals surface area contributed by atoms with Crippen LogP contribution in [-0.4, -0.2) is 60.5 Å². The number of hydrogen-bond donors (Lipinski definition) is 1. The smallest absolute Gasteiger partial charge is 0.242 e. The average molecular weight is 253 g/mol. The van der Waals surface area contributed by atoms with E-state index in [1.165, 1.54) is 0 Å². The quantitative estimate of drug-likeness (QED) is 0.817. The number of carbonyl (C=O) groups is 1. The summed E-state index contributed by atoms with van der Waals surface area (Å²) in [5, 5.41) is 3.46. The molecule has 2 saturated heterocycles. The Labute approximate surface area is 111 Å². The standard InChI is InChI=1S/C14H27N3O/c1-4-12-11-17(10-9-16(12)3)13(18)14(5-2)7-6-8-15-14/h12,15H,4-11H2,1-3H3. The van der Waals surface area contributed by atoms with Gasteiger partial charge in [-0.25, -0.2) is 0 Å². The Balaban J connectivity index is 2.04. The van der Waals surface area contributed by atoms with Gasteiger partial charge in [-0.15, -0.1) is 0 Å². The highest BCUT2D eigenvalue weighted by Gasteiger charge is 2.42. The van der Waals surface area contributed by atoms with E-state index in [-0.39, 0.29) is 5.54 Å². The fraction of sp³-hybridized carbons (Fsp3) is 0.929. The summed E-state index contributed by atoms with van der Waals surface area (Å²) < 4.78 is 0. The van der Waals surface area contributed by atoms with Gasteiger partial charge < -0.3 is 10.2 Å². The van der Waals surface area contributed by atoms with Crippen molar-refractivity contribution in [1.82, 2.24) is 15.1 Å². The monoisotopic (exact) mass is 253 g/mol. The molecule has 104 valence electrons. The summed E-state index contributed by atoms with van der Waals surface area (Å²) in [6, 6.07) is 0.526. The van der Waals surface area contributed by atoms with Gasteiger partial charge in [0, 0.05) is 25.7 Å². The SMILES string of the molecule is CCC1CN(C(=O)C2(CC)CCCN2)CCN1C. The van der Waals surface area contributed by atoms with Crippen molar-refractivity contribution in [3.05, 3.63) is 0 Å². The summed E-state index contributed by atoms with van der Waals surface area (Å²) in [5.41, 5.74) is -0.256. The molecule has 0 aromatic heterocycles. The van der Waals surface area contributed by atoms with Gasteiger partial charge in [0.05, 0.1) is 5.54 Å². The van der Waals surface area contributed by atoms with Gasteiger partial charge in [0.15, 0.2) is 0 Å². The fourth-order valence-electron chi connectivity index (χ4n) is 3.32. The molecule has 2 heterocycles. The molecule has 2 aliphatic heterocycles. The molecule has 18 heavy (non-hydrogen) atoms. The highest BCUT2D eigenvalue weighted by atomic mass is 16.2. The van der Waals surface area contributed by atoms with E-state index >= 15 is 0 Å². The van der Waals surface area contributed by atoms with Crippen molar-refractivity contribution in [2.24, 2.45) is 0 Å². The third-order valence-corrected chi connectivity index (χ3v) is 4.79. The molecule has 0 bridgehead atoms. The molecule has 4 heteroatoms. The van der Waals surface area contributed by atoms with E-state index in [0.29, 0.717) is 11.9 Å². The minimum atomic E-state index is -0.256. The van der Waals surface area contributed by atoms with E-state index in [4.69, 9.17) is 0 Å². The topological polar surface area (TPSA) is 35.6 Å². The molecule has 2 rings (SSSR count). The predicted octanol–water partition coefficient (Wildman–Crippen LogP) is 1.07. The molecule has 0 radical (unpaired) electrons. The summed E-state index contributed by atoms with van der Waals surface area (Å²) in [5.74, 6) is 0.342. The summed E-state index contributed by atoms with van der Waals surface area (Å²) in [6.07, 6.45) is 4.16. The summed E-state index contributed by atoms with van der Waals surface area (Å²) in [4.78, 5) is 17.2. The minimum Gasteiger partial charge on any atom is -0.338 e. The summed E-state index contributed by atoms with van der Waals surface area (Å²) >= 11 is 0. The highest BCUT2D eigenvalue weighted by Crippen LogP contribution is 2.26. The highest BCUT2D eigenvalue weighted by molar-refractivity contribution is 5.86. The minimum absolute atomic E-state index is 0.256. The first-order valence-corrected chi connectivity index (χ1v) is 7.37. The zero-order chi connectivity index (χ0) is 13.2. The second kappa shape index (κ2) is 5.57. The Bertz CT molecular complexity index is 299. The van der Waals surface area contributed by atoms with Crippen LogP contribution in [-0.2, 0) is 4.79 Å². The van der Waals surface area contributed by atoms with E-state index in [9.17, 15) is 4.79 Å². The number of likely N-dealkylation sites (N-methyl/N-ethyl adjacent to an activating group) is 1. The number of amides is 1. The number of carbonyl (C=O) groups excluding carboxylic acids is 1. The Morgan fingerprint density at radius 1 is 1.39 bits per heavy atom. The van der Waals surface area contributed by atoms with E-state index in [2.05, 4.69) is 36.0 Å². The normalized spacial score (nSPS) is 33.9. The number of nitrogens with one attached hydrogen (secondary N) is 1. The van der Waals surface area contributed by atoms with Gasteiger partial charge in [0.1, 0.15) is 0 Å². The maximum absolute atomic E-state index is 12.8. The largest absolute Gasteiger partial charge is 0.338 e. The Kier molecular flexibility index (Phi) is 4.28. The summed E-state index contributed by atoms with van der Waals surface area (Å²) in [6.45, 7) is 8.11. The number of nitrogens with zero attached hydrogens (tertiary/aromatic N) is 2. The predicted molar refractivity (Wildman–Crippen MR) is 73.5 cm³/mol. The molecule has 1 N–H and O–H groups in total. The van der Waals surface area contributed by atoms with Gasteiger partial charge in [0.2, 0.25) is 5.91 Å². The van der Waals surface area contributed by atoms with Crippen LogP contribution < -0.4 is 5.32 Å². The van der Waals surface area contributed by atoms with Crippen molar-refractivity contribution in [3.8, 4) is 0 Å². The molecule has 0 aliphatic carbocycles. The zero-order valence-corrected chi connectivity index (χ0v) is 12.0. The first kappa shape index (κ1) is 13.8. The van der Waals surface area contributed by atoms with Crippen molar-refractivity contribution in [2.75, 3.05) is 33.2 Å². The maximum atomic E-state index is 12.8. The van der Waals surface area contributed by atoms with Crippen molar-refractivity contribution < 1.29 is 4.79 Å². The van der Waals surface area contributed by atoms with Gasteiger partial charge in [0.25, 0.3) is 0 Å². The molecule has 2 fully saturated rings. The fourth-order valence-corrected chi connectivity index (χ4v) is 3.32. The van der Waals surface area contributed by atoms with E-state index in [0.717, 1.165) is 51.9 Å². The Hall–Kier alpha value is -0.610. The van der Waals surface area contributed by atoms with Crippen molar-refractivity contribution in [1.29, 1.82) is 0 Å². The Morgan fingerprint density at radius 2 is 2.17 bits per heavy atom. The molecule has 0 aromatic carbocycles. The van der Waals surface area contributed by atoms with Gasteiger partial charge in [-0.2, -0.15) is 0 Å². The number of rotatable bonds is 3. The van der Waals surface area contributed by atoms with Crippen LogP contribution in [0.1, 0.15) is 39.5 Å². The molecule has 0 spiro atoms.